The smallest absolute Gasteiger partial charge is 0.152 e. The largest absolute Gasteiger partial charge is 0.460 e. The summed E-state index contributed by atoms with van der Waals surface area (Å²) >= 11 is 6.08. The van der Waals surface area contributed by atoms with Crippen molar-refractivity contribution in [1.29, 1.82) is 0 Å². The van der Waals surface area contributed by atoms with Gasteiger partial charge >= 0.3 is 0 Å². The molecule has 3 aromatic heterocycles. The number of halogens is 1. The number of hydrogen-bond acceptors (Lipinski definition) is 4. The molecular formula is C15H15ClN4O. The molecule has 0 aliphatic carbocycles. The highest BCUT2D eigenvalue weighted by Gasteiger charge is 2.11. The van der Waals surface area contributed by atoms with Crippen molar-refractivity contribution >= 4 is 17.3 Å². The molecule has 0 aliphatic rings. The van der Waals surface area contributed by atoms with E-state index < -0.39 is 0 Å². The summed E-state index contributed by atoms with van der Waals surface area (Å²) in [5.41, 5.74) is 3.73. The zero-order valence-electron chi connectivity index (χ0n) is 11.8. The highest BCUT2D eigenvalue weighted by atomic mass is 35.5. The van der Waals surface area contributed by atoms with Crippen molar-refractivity contribution in [3.63, 3.8) is 0 Å². The minimum atomic E-state index is 0.458. The van der Waals surface area contributed by atoms with Gasteiger partial charge in [0.05, 0.1) is 11.9 Å². The standard InChI is InChI=1S/C15H15ClN4O/c1-9-5-12(15(16)18-6-9)17-7-11-8-19-20-14(11)13-4-3-10(2)21-13/h3-6,8,17H,7H2,1-2H3,(H,19,20). The molecule has 6 heteroatoms. The SMILES string of the molecule is Cc1cnc(Cl)c(NCc2cn[nH]c2-c2ccc(C)o2)c1. The normalized spacial score (nSPS) is 10.8. The average Bonchev–Trinajstić information content (AvgIpc) is 3.08. The number of anilines is 1. The number of nitrogens with one attached hydrogen (secondary N) is 2. The van der Waals surface area contributed by atoms with E-state index in [0.29, 0.717) is 11.7 Å². The molecule has 0 spiro atoms. The third-order valence-electron chi connectivity index (χ3n) is 3.15. The average molecular weight is 303 g/mol. The molecule has 0 fully saturated rings. The number of H-pyrrole nitrogens is 1. The summed E-state index contributed by atoms with van der Waals surface area (Å²) < 4.78 is 5.63. The lowest BCUT2D eigenvalue weighted by atomic mass is 10.2. The number of pyridine rings is 1. The van der Waals surface area contributed by atoms with Crippen LogP contribution in [0.4, 0.5) is 5.69 Å². The Morgan fingerprint density at radius 3 is 2.90 bits per heavy atom. The van der Waals surface area contributed by atoms with E-state index in [-0.39, 0.29) is 0 Å². The van der Waals surface area contributed by atoms with Gasteiger partial charge in [-0.05, 0) is 37.6 Å². The lowest BCUT2D eigenvalue weighted by molar-refractivity contribution is 0.545. The fraction of sp³-hybridized carbons (Fsp3) is 0.200. The van der Waals surface area contributed by atoms with Crippen molar-refractivity contribution in [2.45, 2.75) is 20.4 Å². The molecule has 0 saturated carbocycles. The molecule has 0 saturated heterocycles. The summed E-state index contributed by atoms with van der Waals surface area (Å²) in [6.45, 7) is 4.47. The monoisotopic (exact) mass is 302 g/mol. The van der Waals surface area contributed by atoms with Gasteiger partial charge in [0.2, 0.25) is 0 Å². The molecule has 0 atom stereocenters. The Labute approximate surface area is 127 Å². The van der Waals surface area contributed by atoms with Gasteiger partial charge in [-0.3, -0.25) is 5.10 Å². The zero-order valence-corrected chi connectivity index (χ0v) is 12.5. The van der Waals surface area contributed by atoms with Gasteiger partial charge in [0.1, 0.15) is 11.5 Å². The number of furan rings is 1. The summed E-state index contributed by atoms with van der Waals surface area (Å²) in [5.74, 6) is 1.64. The van der Waals surface area contributed by atoms with Gasteiger partial charge in [-0.25, -0.2) is 4.98 Å². The van der Waals surface area contributed by atoms with Gasteiger partial charge in [0.15, 0.2) is 10.9 Å². The molecule has 5 nitrogen and oxygen atoms in total. The second-order valence-electron chi connectivity index (χ2n) is 4.89. The van der Waals surface area contributed by atoms with E-state index in [1.807, 2.05) is 32.0 Å². The number of hydrogen-bond donors (Lipinski definition) is 2. The van der Waals surface area contributed by atoms with Crippen LogP contribution in [0, 0.1) is 13.8 Å². The molecule has 0 unspecified atom stereocenters. The van der Waals surface area contributed by atoms with Gasteiger partial charge in [0.25, 0.3) is 0 Å². The van der Waals surface area contributed by atoms with E-state index in [4.69, 9.17) is 16.0 Å². The lowest BCUT2D eigenvalue weighted by Crippen LogP contribution is -2.01. The first-order valence-corrected chi connectivity index (χ1v) is 6.96. The second kappa shape index (κ2) is 5.61. The van der Waals surface area contributed by atoms with E-state index >= 15 is 0 Å². The Morgan fingerprint density at radius 2 is 2.14 bits per heavy atom. The van der Waals surface area contributed by atoms with E-state index in [9.17, 15) is 0 Å². The maximum atomic E-state index is 6.08. The molecule has 0 radical (unpaired) electrons. The Morgan fingerprint density at radius 1 is 1.29 bits per heavy atom. The molecule has 3 heterocycles. The van der Waals surface area contributed by atoms with E-state index in [0.717, 1.165) is 34.0 Å². The maximum absolute atomic E-state index is 6.08. The predicted octanol–water partition coefficient (Wildman–Crippen LogP) is 3.95. The van der Waals surface area contributed by atoms with E-state index in [1.54, 1.807) is 12.4 Å². The third kappa shape index (κ3) is 2.92. The van der Waals surface area contributed by atoms with E-state index in [2.05, 4.69) is 20.5 Å². The highest BCUT2D eigenvalue weighted by molar-refractivity contribution is 6.31. The summed E-state index contributed by atoms with van der Waals surface area (Å²) in [7, 11) is 0. The molecule has 0 aliphatic heterocycles. The Hall–Kier alpha value is -2.27. The molecule has 0 bridgehead atoms. The Bertz CT molecular complexity index is 763. The first-order chi connectivity index (χ1) is 10.1. The van der Waals surface area contributed by atoms with Crippen LogP contribution in [0.25, 0.3) is 11.5 Å². The summed E-state index contributed by atoms with van der Waals surface area (Å²) in [6.07, 6.45) is 3.51. The molecule has 3 aromatic rings. The lowest BCUT2D eigenvalue weighted by Gasteiger charge is -2.08. The van der Waals surface area contributed by atoms with Crippen molar-refractivity contribution < 1.29 is 4.42 Å². The van der Waals surface area contributed by atoms with Crippen molar-refractivity contribution in [2.24, 2.45) is 0 Å². The molecule has 108 valence electrons. The second-order valence-corrected chi connectivity index (χ2v) is 5.24. The van der Waals surface area contributed by atoms with Crippen LogP contribution in [0.1, 0.15) is 16.9 Å². The van der Waals surface area contributed by atoms with Gasteiger partial charge in [0, 0.05) is 18.3 Å². The van der Waals surface area contributed by atoms with Crippen LogP contribution in [0.3, 0.4) is 0 Å². The topological polar surface area (TPSA) is 66.7 Å². The number of aromatic amines is 1. The maximum Gasteiger partial charge on any atom is 0.152 e. The van der Waals surface area contributed by atoms with Crippen LogP contribution < -0.4 is 5.32 Å². The Kier molecular flexibility index (Phi) is 3.66. The minimum Gasteiger partial charge on any atom is -0.460 e. The van der Waals surface area contributed by atoms with Crippen molar-refractivity contribution in [3.8, 4) is 11.5 Å². The summed E-state index contributed by atoms with van der Waals surface area (Å²) in [4.78, 5) is 4.12. The third-order valence-corrected chi connectivity index (χ3v) is 3.45. The first kappa shape index (κ1) is 13.7. The molecule has 0 aromatic carbocycles. The molecule has 21 heavy (non-hydrogen) atoms. The van der Waals surface area contributed by atoms with Crippen LogP contribution in [0.5, 0.6) is 0 Å². The molecule has 0 amide bonds. The fourth-order valence-electron chi connectivity index (χ4n) is 2.09. The van der Waals surface area contributed by atoms with E-state index in [1.165, 1.54) is 0 Å². The number of aryl methyl sites for hydroxylation is 2. The minimum absolute atomic E-state index is 0.458. The zero-order chi connectivity index (χ0) is 14.8. The summed E-state index contributed by atoms with van der Waals surface area (Å²) in [6, 6.07) is 5.81. The van der Waals surface area contributed by atoms with Crippen LogP contribution in [-0.2, 0) is 6.54 Å². The number of aromatic nitrogens is 3. The van der Waals surface area contributed by atoms with Crippen molar-refractivity contribution in [1.82, 2.24) is 15.2 Å². The van der Waals surface area contributed by atoms with Gasteiger partial charge in [-0.15, -0.1) is 0 Å². The quantitative estimate of drug-likeness (QED) is 0.716. The van der Waals surface area contributed by atoms with Crippen LogP contribution in [-0.4, -0.2) is 15.2 Å². The summed E-state index contributed by atoms with van der Waals surface area (Å²) in [5, 5.41) is 10.8. The van der Waals surface area contributed by atoms with Gasteiger partial charge < -0.3 is 9.73 Å². The van der Waals surface area contributed by atoms with Crippen molar-refractivity contribution in [3.05, 3.63) is 52.6 Å². The Balaban J connectivity index is 1.80. The molecule has 3 rings (SSSR count). The van der Waals surface area contributed by atoms with Gasteiger partial charge in [-0.1, -0.05) is 11.6 Å². The van der Waals surface area contributed by atoms with Crippen molar-refractivity contribution in [2.75, 3.05) is 5.32 Å². The van der Waals surface area contributed by atoms with Crippen LogP contribution in [0.15, 0.2) is 35.0 Å². The van der Waals surface area contributed by atoms with Crippen LogP contribution in [0.2, 0.25) is 5.15 Å². The predicted molar refractivity (Wildman–Crippen MR) is 82.3 cm³/mol. The first-order valence-electron chi connectivity index (χ1n) is 6.58. The van der Waals surface area contributed by atoms with Crippen LogP contribution >= 0.6 is 11.6 Å². The molecule has 2 N–H and O–H groups in total. The number of rotatable bonds is 4. The fourth-order valence-corrected chi connectivity index (χ4v) is 2.26. The van der Waals surface area contributed by atoms with Gasteiger partial charge in [-0.2, -0.15) is 5.10 Å². The highest BCUT2D eigenvalue weighted by Crippen LogP contribution is 2.25. The molecular weight excluding hydrogens is 288 g/mol. The number of nitrogens with zero attached hydrogens (tertiary/aromatic N) is 2.